The summed E-state index contributed by atoms with van der Waals surface area (Å²) in [7, 11) is 0. The molecule has 1 atom stereocenters. The number of nitrogens with one attached hydrogen (secondary N) is 1. The van der Waals surface area contributed by atoms with Crippen molar-refractivity contribution in [2.75, 3.05) is 13.1 Å². The smallest absolute Gasteiger partial charge is 0.223 e. The Balaban J connectivity index is 1.70. The molecule has 1 fully saturated rings. The van der Waals surface area contributed by atoms with Crippen molar-refractivity contribution >= 4 is 5.91 Å². The maximum atomic E-state index is 12.2. The molecule has 1 saturated heterocycles. The topological polar surface area (TPSA) is 58.1 Å². The van der Waals surface area contributed by atoms with Gasteiger partial charge in [0.05, 0.1) is 11.7 Å². The van der Waals surface area contributed by atoms with E-state index >= 15 is 0 Å². The summed E-state index contributed by atoms with van der Waals surface area (Å²) >= 11 is 0. The molecule has 1 aromatic heterocycles. The van der Waals surface area contributed by atoms with E-state index in [-0.39, 0.29) is 5.91 Å². The van der Waals surface area contributed by atoms with Crippen LogP contribution in [0, 0.1) is 5.92 Å². The fourth-order valence-corrected chi connectivity index (χ4v) is 3.10. The molecule has 2 aliphatic heterocycles. The Labute approximate surface area is 126 Å². The number of aromatic nitrogens is 2. The highest BCUT2D eigenvalue weighted by Gasteiger charge is 2.25. The summed E-state index contributed by atoms with van der Waals surface area (Å²) in [5.41, 5.74) is 2.24. The highest BCUT2D eigenvalue weighted by molar-refractivity contribution is 5.76. The van der Waals surface area contributed by atoms with Gasteiger partial charge >= 0.3 is 0 Å². The van der Waals surface area contributed by atoms with Crippen LogP contribution in [0.1, 0.15) is 56.2 Å². The number of rotatable bonds is 3. The fraction of sp³-hybridized carbons (Fsp3) is 0.688. The number of nitrogens with zero attached hydrogens (tertiary/aromatic N) is 3. The van der Waals surface area contributed by atoms with Crippen molar-refractivity contribution in [2.45, 2.75) is 52.1 Å². The van der Waals surface area contributed by atoms with Crippen LogP contribution in [0.3, 0.4) is 0 Å². The number of carbonyl (C=O) groups is 1. The normalized spacial score (nSPS) is 21.7. The van der Waals surface area contributed by atoms with Crippen molar-refractivity contribution in [3.05, 3.63) is 23.3 Å². The van der Waals surface area contributed by atoms with Crippen LogP contribution in [0.4, 0.5) is 0 Å². The monoisotopic (exact) mass is 288 g/mol. The Morgan fingerprint density at radius 3 is 3.10 bits per heavy atom. The molecule has 0 aromatic carbocycles. The van der Waals surface area contributed by atoms with Crippen LogP contribution in [0.25, 0.3) is 0 Å². The standard InChI is InChI=1S/C16H24N4O/c1-11(2)8-15(21)20-7-5-13-12(10-20)9-18-16(19-13)14-4-3-6-17-14/h9,11,14,17H,3-8,10H2,1-2H3. The number of hydrogen-bond acceptors (Lipinski definition) is 4. The van der Waals surface area contributed by atoms with Gasteiger partial charge in [-0.1, -0.05) is 13.8 Å². The molecule has 0 spiro atoms. The average Bonchev–Trinajstić information content (AvgIpc) is 2.99. The molecule has 1 unspecified atom stereocenters. The molecule has 5 nitrogen and oxygen atoms in total. The molecule has 0 radical (unpaired) electrons. The lowest BCUT2D eigenvalue weighted by molar-refractivity contribution is -0.132. The lowest BCUT2D eigenvalue weighted by atomic mass is 10.0. The maximum Gasteiger partial charge on any atom is 0.223 e. The zero-order valence-electron chi connectivity index (χ0n) is 12.9. The van der Waals surface area contributed by atoms with E-state index in [1.807, 2.05) is 11.1 Å². The minimum absolute atomic E-state index is 0.247. The highest BCUT2D eigenvalue weighted by atomic mass is 16.2. The van der Waals surface area contributed by atoms with Gasteiger partial charge < -0.3 is 10.2 Å². The van der Waals surface area contributed by atoms with Crippen molar-refractivity contribution < 1.29 is 4.79 Å². The molecule has 1 aromatic rings. The molecular weight excluding hydrogens is 264 g/mol. The van der Waals surface area contributed by atoms with Crippen LogP contribution < -0.4 is 5.32 Å². The van der Waals surface area contributed by atoms with Gasteiger partial charge in [-0.05, 0) is 25.3 Å². The number of amides is 1. The predicted molar refractivity (Wildman–Crippen MR) is 80.6 cm³/mol. The van der Waals surface area contributed by atoms with Crippen LogP contribution in [0.2, 0.25) is 0 Å². The first-order chi connectivity index (χ1) is 10.1. The van der Waals surface area contributed by atoms with Gasteiger partial charge in [-0.25, -0.2) is 9.97 Å². The summed E-state index contributed by atoms with van der Waals surface area (Å²) in [6.07, 6.45) is 5.72. The van der Waals surface area contributed by atoms with E-state index in [2.05, 4.69) is 24.1 Å². The molecule has 3 heterocycles. The van der Waals surface area contributed by atoms with Crippen LogP contribution in [-0.4, -0.2) is 33.9 Å². The molecule has 2 aliphatic rings. The number of fused-ring (bicyclic) bond motifs is 1. The first-order valence-corrected chi connectivity index (χ1v) is 7.99. The Bertz CT molecular complexity index is 523. The van der Waals surface area contributed by atoms with Crippen molar-refractivity contribution in [1.29, 1.82) is 0 Å². The van der Waals surface area contributed by atoms with E-state index in [1.165, 1.54) is 6.42 Å². The summed E-state index contributed by atoms with van der Waals surface area (Å²) in [5, 5.41) is 3.44. The van der Waals surface area contributed by atoms with E-state index in [9.17, 15) is 4.79 Å². The Morgan fingerprint density at radius 1 is 1.52 bits per heavy atom. The summed E-state index contributed by atoms with van der Waals surface area (Å²) in [5.74, 6) is 1.58. The minimum Gasteiger partial charge on any atom is -0.338 e. The van der Waals surface area contributed by atoms with Crippen molar-refractivity contribution in [2.24, 2.45) is 5.92 Å². The molecule has 114 valence electrons. The van der Waals surface area contributed by atoms with Gasteiger partial charge in [0.15, 0.2) is 0 Å². The van der Waals surface area contributed by atoms with E-state index in [0.29, 0.717) is 24.9 Å². The summed E-state index contributed by atoms with van der Waals surface area (Å²) in [4.78, 5) is 23.4. The second-order valence-electron chi connectivity index (χ2n) is 6.51. The second kappa shape index (κ2) is 6.10. The zero-order chi connectivity index (χ0) is 14.8. The molecule has 1 amide bonds. The average molecular weight is 288 g/mol. The van der Waals surface area contributed by atoms with Crippen molar-refractivity contribution in [3.8, 4) is 0 Å². The largest absolute Gasteiger partial charge is 0.338 e. The third-order valence-electron chi connectivity index (χ3n) is 4.26. The molecule has 1 N–H and O–H groups in total. The number of hydrogen-bond donors (Lipinski definition) is 1. The van der Waals surface area contributed by atoms with Crippen molar-refractivity contribution in [1.82, 2.24) is 20.2 Å². The Kier molecular flexibility index (Phi) is 4.19. The quantitative estimate of drug-likeness (QED) is 0.922. The Hall–Kier alpha value is -1.49. The van der Waals surface area contributed by atoms with Crippen LogP contribution in [0.15, 0.2) is 6.20 Å². The molecular formula is C16H24N4O. The van der Waals surface area contributed by atoms with Gasteiger partial charge in [-0.2, -0.15) is 0 Å². The number of carbonyl (C=O) groups excluding carboxylic acids is 1. The third kappa shape index (κ3) is 3.23. The fourth-order valence-electron chi connectivity index (χ4n) is 3.10. The zero-order valence-corrected chi connectivity index (χ0v) is 12.9. The highest BCUT2D eigenvalue weighted by Crippen LogP contribution is 2.23. The van der Waals surface area contributed by atoms with Gasteiger partial charge in [-0.15, -0.1) is 0 Å². The lowest BCUT2D eigenvalue weighted by Crippen LogP contribution is -2.37. The predicted octanol–water partition coefficient (Wildman–Crippen LogP) is 1.83. The van der Waals surface area contributed by atoms with Gasteiger partial charge in [-0.3, -0.25) is 4.79 Å². The molecule has 5 heteroatoms. The summed E-state index contributed by atoms with van der Waals surface area (Å²) < 4.78 is 0. The van der Waals surface area contributed by atoms with E-state index in [0.717, 1.165) is 43.0 Å². The molecule has 3 rings (SSSR count). The molecule has 0 bridgehead atoms. The second-order valence-corrected chi connectivity index (χ2v) is 6.51. The first kappa shape index (κ1) is 14.4. The minimum atomic E-state index is 0.247. The van der Waals surface area contributed by atoms with Gasteiger partial charge in [0.25, 0.3) is 0 Å². The van der Waals surface area contributed by atoms with E-state index in [1.54, 1.807) is 0 Å². The van der Waals surface area contributed by atoms with Crippen molar-refractivity contribution in [3.63, 3.8) is 0 Å². The summed E-state index contributed by atoms with van der Waals surface area (Å²) in [6.45, 7) is 6.68. The molecule has 21 heavy (non-hydrogen) atoms. The Morgan fingerprint density at radius 2 is 2.38 bits per heavy atom. The van der Waals surface area contributed by atoms with Gasteiger partial charge in [0.1, 0.15) is 5.82 Å². The molecule has 0 saturated carbocycles. The first-order valence-electron chi connectivity index (χ1n) is 7.99. The maximum absolute atomic E-state index is 12.2. The van der Waals surface area contributed by atoms with Gasteiger partial charge in [0.2, 0.25) is 5.91 Å². The lowest BCUT2D eigenvalue weighted by Gasteiger charge is -2.29. The van der Waals surface area contributed by atoms with Crippen LogP contribution >= 0.6 is 0 Å². The third-order valence-corrected chi connectivity index (χ3v) is 4.26. The molecule has 0 aliphatic carbocycles. The van der Waals surface area contributed by atoms with Gasteiger partial charge in [0, 0.05) is 37.7 Å². The summed E-state index contributed by atoms with van der Waals surface area (Å²) in [6, 6.07) is 0.316. The van der Waals surface area contributed by atoms with E-state index in [4.69, 9.17) is 4.98 Å². The SMILES string of the molecule is CC(C)CC(=O)N1CCc2nc(C3CCCN3)ncc2C1. The van der Waals surface area contributed by atoms with Crippen LogP contribution in [0.5, 0.6) is 0 Å². The van der Waals surface area contributed by atoms with Crippen LogP contribution in [-0.2, 0) is 17.8 Å². The van der Waals surface area contributed by atoms with E-state index < -0.39 is 0 Å².